The van der Waals surface area contributed by atoms with Gasteiger partial charge in [0.1, 0.15) is 0 Å². The third-order valence-electron chi connectivity index (χ3n) is 2.55. The van der Waals surface area contributed by atoms with Crippen LogP contribution in [0.3, 0.4) is 0 Å². The lowest BCUT2D eigenvalue weighted by Crippen LogP contribution is -2.23. The average molecular weight is 288 g/mol. The Morgan fingerprint density at radius 2 is 2.05 bits per heavy atom. The van der Waals surface area contributed by atoms with Crippen molar-refractivity contribution in [2.24, 2.45) is 0 Å². The normalized spacial score (nSPS) is 11.3. The Labute approximate surface area is 109 Å². The van der Waals surface area contributed by atoms with E-state index in [1.807, 2.05) is 4.72 Å². The molecule has 0 saturated heterocycles. The van der Waals surface area contributed by atoms with E-state index in [9.17, 15) is 23.3 Å². The minimum atomic E-state index is -4.25. The molecule has 104 valence electrons. The monoisotopic (exact) mass is 288 g/mol. The third-order valence-corrected chi connectivity index (χ3v) is 4.03. The van der Waals surface area contributed by atoms with Crippen LogP contribution in [0.4, 0.5) is 5.69 Å². The summed E-state index contributed by atoms with van der Waals surface area (Å²) in [5.41, 5.74) is -1.17. The van der Waals surface area contributed by atoms with Crippen molar-refractivity contribution >= 4 is 21.7 Å². The molecule has 0 fully saturated rings. The summed E-state index contributed by atoms with van der Waals surface area (Å²) in [6.07, 6.45) is 0.211. The Bertz CT molecular complexity index is 638. The van der Waals surface area contributed by atoms with Crippen molar-refractivity contribution < 1.29 is 23.2 Å². The second kappa shape index (κ2) is 5.33. The molecule has 9 heteroatoms. The number of nitro benzene ring substituents is 1. The quantitative estimate of drug-likeness (QED) is 0.608. The molecular weight excluding hydrogens is 276 g/mol. The van der Waals surface area contributed by atoms with Crippen LogP contribution in [0, 0.1) is 10.1 Å². The van der Waals surface area contributed by atoms with Crippen molar-refractivity contribution in [1.82, 2.24) is 4.72 Å². The van der Waals surface area contributed by atoms with Gasteiger partial charge < -0.3 is 5.11 Å². The van der Waals surface area contributed by atoms with Crippen molar-refractivity contribution in [1.29, 1.82) is 0 Å². The highest BCUT2D eigenvalue weighted by molar-refractivity contribution is 7.89. The fourth-order valence-corrected chi connectivity index (χ4v) is 2.75. The maximum atomic E-state index is 11.8. The number of hydrogen-bond donors (Lipinski definition) is 2. The van der Waals surface area contributed by atoms with Crippen LogP contribution in [-0.2, 0) is 16.4 Å². The van der Waals surface area contributed by atoms with Crippen LogP contribution in [0.25, 0.3) is 0 Å². The number of carboxylic acid groups (broad SMARTS) is 1. The maximum absolute atomic E-state index is 11.8. The van der Waals surface area contributed by atoms with Gasteiger partial charge in [0.05, 0.1) is 10.5 Å². The predicted molar refractivity (Wildman–Crippen MR) is 65.7 cm³/mol. The average Bonchev–Trinajstić information content (AvgIpc) is 2.36. The first-order valence-corrected chi connectivity index (χ1v) is 6.71. The largest absolute Gasteiger partial charge is 0.478 e. The number of nitro groups is 1. The molecule has 0 heterocycles. The summed E-state index contributed by atoms with van der Waals surface area (Å²) in [6, 6.07) is 2.30. The number of benzene rings is 1. The highest BCUT2D eigenvalue weighted by atomic mass is 32.2. The van der Waals surface area contributed by atoms with Crippen LogP contribution in [0.5, 0.6) is 0 Å². The van der Waals surface area contributed by atoms with Crippen LogP contribution >= 0.6 is 0 Å². The first-order chi connectivity index (χ1) is 8.76. The van der Waals surface area contributed by atoms with Crippen molar-refractivity contribution in [2.75, 3.05) is 7.05 Å². The molecule has 0 spiro atoms. The Hall–Kier alpha value is -2.00. The SMILES string of the molecule is CCc1ccc(C(=O)O)c(S(=O)(=O)NC)c1[N+](=O)[O-]. The fourth-order valence-electron chi connectivity index (χ4n) is 1.64. The van der Waals surface area contributed by atoms with Gasteiger partial charge >= 0.3 is 5.97 Å². The number of carbonyl (C=O) groups is 1. The van der Waals surface area contributed by atoms with E-state index in [1.165, 1.54) is 6.07 Å². The fraction of sp³-hybridized carbons (Fsp3) is 0.300. The van der Waals surface area contributed by atoms with Gasteiger partial charge in [-0.3, -0.25) is 10.1 Å². The second-order valence-corrected chi connectivity index (χ2v) is 5.40. The first-order valence-electron chi connectivity index (χ1n) is 5.23. The number of nitrogens with zero attached hydrogens (tertiary/aromatic N) is 1. The molecule has 1 rings (SSSR count). The van der Waals surface area contributed by atoms with E-state index in [0.29, 0.717) is 0 Å². The zero-order valence-corrected chi connectivity index (χ0v) is 11.0. The van der Waals surface area contributed by atoms with Gasteiger partial charge in [-0.2, -0.15) is 0 Å². The summed E-state index contributed by atoms with van der Waals surface area (Å²) in [5.74, 6) is -1.54. The Balaban J connectivity index is 3.90. The van der Waals surface area contributed by atoms with Gasteiger partial charge in [-0.15, -0.1) is 0 Å². The third kappa shape index (κ3) is 2.71. The topological polar surface area (TPSA) is 127 Å². The molecule has 1 aromatic carbocycles. The van der Waals surface area contributed by atoms with Gasteiger partial charge in [0, 0.05) is 5.56 Å². The van der Waals surface area contributed by atoms with Gasteiger partial charge in [0.15, 0.2) is 4.90 Å². The second-order valence-electron chi connectivity index (χ2n) is 3.57. The van der Waals surface area contributed by atoms with Crippen LogP contribution in [0.2, 0.25) is 0 Å². The number of nitrogens with one attached hydrogen (secondary N) is 1. The molecule has 0 radical (unpaired) electrons. The summed E-state index contributed by atoms with van der Waals surface area (Å²) < 4.78 is 25.6. The van der Waals surface area contributed by atoms with E-state index in [0.717, 1.165) is 13.1 Å². The summed E-state index contributed by atoms with van der Waals surface area (Å²) in [6.45, 7) is 1.61. The molecule has 2 N–H and O–H groups in total. The Morgan fingerprint density at radius 1 is 1.47 bits per heavy atom. The summed E-state index contributed by atoms with van der Waals surface area (Å²) in [4.78, 5) is 20.4. The lowest BCUT2D eigenvalue weighted by molar-refractivity contribution is -0.388. The van der Waals surface area contributed by atoms with Crippen LogP contribution in [0.15, 0.2) is 17.0 Å². The lowest BCUT2D eigenvalue weighted by atomic mass is 10.1. The molecule has 0 unspecified atom stereocenters. The minimum Gasteiger partial charge on any atom is -0.478 e. The van der Waals surface area contributed by atoms with Crippen LogP contribution in [-0.4, -0.2) is 31.5 Å². The molecule has 0 amide bonds. The molecular formula is C10H12N2O6S. The van der Waals surface area contributed by atoms with Crippen molar-refractivity contribution in [3.8, 4) is 0 Å². The van der Waals surface area contributed by atoms with E-state index < -0.39 is 37.1 Å². The van der Waals surface area contributed by atoms with E-state index in [-0.39, 0.29) is 12.0 Å². The number of aromatic carboxylic acids is 1. The predicted octanol–water partition coefficient (Wildman–Crippen LogP) is 0.763. The van der Waals surface area contributed by atoms with Crippen molar-refractivity contribution in [3.05, 3.63) is 33.4 Å². The number of aryl methyl sites for hydroxylation is 1. The molecule has 0 atom stereocenters. The maximum Gasteiger partial charge on any atom is 0.337 e. The molecule has 0 aliphatic carbocycles. The first kappa shape index (κ1) is 15.1. The van der Waals surface area contributed by atoms with Crippen molar-refractivity contribution in [3.63, 3.8) is 0 Å². The van der Waals surface area contributed by atoms with E-state index >= 15 is 0 Å². The number of sulfonamides is 1. The lowest BCUT2D eigenvalue weighted by Gasteiger charge is -2.10. The van der Waals surface area contributed by atoms with E-state index in [4.69, 9.17) is 5.11 Å². The van der Waals surface area contributed by atoms with E-state index in [1.54, 1.807) is 6.92 Å². The van der Waals surface area contributed by atoms with Gasteiger partial charge in [0.2, 0.25) is 10.0 Å². The summed E-state index contributed by atoms with van der Waals surface area (Å²) in [7, 11) is -3.20. The van der Waals surface area contributed by atoms with Crippen LogP contribution < -0.4 is 4.72 Å². The highest BCUT2D eigenvalue weighted by Crippen LogP contribution is 2.31. The van der Waals surface area contributed by atoms with Gasteiger partial charge in [0.25, 0.3) is 5.69 Å². The van der Waals surface area contributed by atoms with Crippen LogP contribution in [0.1, 0.15) is 22.8 Å². The van der Waals surface area contributed by atoms with Gasteiger partial charge in [-0.25, -0.2) is 17.9 Å². The summed E-state index contributed by atoms with van der Waals surface area (Å²) >= 11 is 0. The Morgan fingerprint density at radius 3 is 2.42 bits per heavy atom. The molecule has 1 aromatic rings. The van der Waals surface area contributed by atoms with Crippen molar-refractivity contribution in [2.45, 2.75) is 18.2 Å². The molecule has 0 bridgehead atoms. The molecule has 0 aromatic heterocycles. The molecule has 19 heavy (non-hydrogen) atoms. The highest BCUT2D eigenvalue weighted by Gasteiger charge is 2.33. The number of rotatable bonds is 5. The zero-order chi connectivity index (χ0) is 14.8. The molecule has 0 aliphatic heterocycles. The molecule has 0 saturated carbocycles. The molecule has 0 aliphatic rings. The molecule has 8 nitrogen and oxygen atoms in total. The standard InChI is InChI=1S/C10H12N2O6S/c1-3-6-4-5-7(10(13)14)9(8(6)12(15)16)19(17,18)11-2/h4-5,11H,3H2,1-2H3,(H,13,14). The number of hydrogen-bond acceptors (Lipinski definition) is 5. The zero-order valence-electron chi connectivity index (χ0n) is 10.2. The smallest absolute Gasteiger partial charge is 0.337 e. The Kier molecular flexibility index (Phi) is 4.22. The van der Waals surface area contributed by atoms with E-state index in [2.05, 4.69) is 0 Å². The minimum absolute atomic E-state index is 0.156. The van der Waals surface area contributed by atoms with Gasteiger partial charge in [-0.05, 0) is 19.5 Å². The number of carboxylic acids is 1. The van der Waals surface area contributed by atoms with Gasteiger partial charge in [-0.1, -0.05) is 13.0 Å². The summed E-state index contributed by atoms with van der Waals surface area (Å²) in [5, 5.41) is 20.0.